The molecular weight excluding hydrogens is 280 g/mol. The monoisotopic (exact) mass is 304 g/mol. The van der Waals surface area contributed by atoms with Crippen LogP contribution in [0, 0.1) is 0 Å². The first-order chi connectivity index (χ1) is 9.51. The highest BCUT2D eigenvalue weighted by Gasteiger charge is 2.31. The second-order valence-electron chi connectivity index (χ2n) is 4.50. The molecule has 116 valence electrons. The summed E-state index contributed by atoms with van der Waals surface area (Å²) in [6.07, 6.45) is 1.48. The van der Waals surface area contributed by atoms with Gasteiger partial charge in [-0.3, -0.25) is 0 Å². The van der Waals surface area contributed by atoms with E-state index in [2.05, 4.69) is 0 Å². The minimum Gasteiger partial charge on any atom is -0.447 e. The normalized spacial score (nSPS) is 12.5. The first kappa shape index (κ1) is 17.2. The lowest BCUT2D eigenvalue weighted by atomic mass is 10.2. The van der Waals surface area contributed by atoms with Gasteiger partial charge < -0.3 is 14.9 Å². The van der Waals surface area contributed by atoms with E-state index in [-0.39, 0.29) is 17.7 Å². The van der Waals surface area contributed by atoms with E-state index in [0.29, 0.717) is 18.9 Å². The lowest BCUT2D eigenvalue weighted by Gasteiger charge is -2.28. The molecule has 1 aromatic heterocycles. The van der Waals surface area contributed by atoms with Crippen molar-refractivity contribution >= 4 is 10.0 Å². The molecule has 0 saturated carbocycles. The topological polar surface area (TPSA) is 85.8 Å². The van der Waals surface area contributed by atoms with E-state index in [1.54, 1.807) is 13.2 Å². The molecule has 0 bridgehead atoms. The van der Waals surface area contributed by atoms with E-state index in [1.165, 1.54) is 10.4 Å². The van der Waals surface area contributed by atoms with Crippen molar-refractivity contribution in [1.29, 1.82) is 0 Å². The molecule has 2 N–H and O–H groups in total. The first-order valence-electron chi connectivity index (χ1n) is 6.80. The predicted molar refractivity (Wildman–Crippen MR) is 76.7 cm³/mol. The molecule has 0 unspecified atom stereocenters. The van der Waals surface area contributed by atoms with Crippen LogP contribution in [-0.2, 0) is 21.3 Å². The summed E-state index contributed by atoms with van der Waals surface area (Å²) in [5.74, 6) is 0.458. The maximum Gasteiger partial charge on any atom is 0.276 e. The minimum atomic E-state index is -3.65. The number of hydrogen-bond acceptors (Lipinski definition) is 5. The molecule has 7 heteroatoms. The molecule has 0 fully saturated rings. The lowest BCUT2D eigenvalue weighted by Crippen LogP contribution is -2.41. The van der Waals surface area contributed by atoms with Crippen LogP contribution >= 0.6 is 0 Å². The molecule has 0 spiro atoms. The van der Waals surface area contributed by atoms with Gasteiger partial charge in [-0.25, -0.2) is 8.42 Å². The Kier molecular flexibility index (Phi) is 6.67. The van der Waals surface area contributed by atoms with Crippen molar-refractivity contribution in [2.45, 2.75) is 44.4 Å². The molecule has 6 nitrogen and oxygen atoms in total. The fourth-order valence-corrected chi connectivity index (χ4v) is 3.79. The van der Waals surface area contributed by atoms with Crippen LogP contribution in [0.5, 0.6) is 0 Å². The largest absolute Gasteiger partial charge is 0.447 e. The van der Waals surface area contributed by atoms with Crippen LogP contribution in [0.4, 0.5) is 0 Å². The lowest BCUT2D eigenvalue weighted by molar-refractivity contribution is 0.162. The van der Waals surface area contributed by atoms with Gasteiger partial charge in [0.2, 0.25) is 5.09 Å². The number of methoxy groups -OCH3 is 1. The SMILES string of the molecule is CCC(CC)N(CCOC)S(=O)(=O)c1ccc(CN)o1. The fraction of sp³-hybridized carbons (Fsp3) is 0.692. The summed E-state index contributed by atoms with van der Waals surface area (Å²) in [4.78, 5) is 0. The van der Waals surface area contributed by atoms with Gasteiger partial charge in [-0.05, 0) is 25.0 Å². The van der Waals surface area contributed by atoms with Crippen molar-refractivity contribution in [3.8, 4) is 0 Å². The first-order valence-corrected chi connectivity index (χ1v) is 8.24. The highest BCUT2D eigenvalue weighted by Crippen LogP contribution is 2.23. The van der Waals surface area contributed by atoms with E-state index in [9.17, 15) is 8.42 Å². The van der Waals surface area contributed by atoms with Crippen LogP contribution in [0.25, 0.3) is 0 Å². The minimum absolute atomic E-state index is 0.0547. The third-order valence-corrected chi connectivity index (χ3v) is 5.09. The molecule has 1 aromatic rings. The second-order valence-corrected chi connectivity index (χ2v) is 6.33. The van der Waals surface area contributed by atoms with Gasteiger partial charge in [0, 0.05) is 19.7 Å². The fourth-order valence-electron chi connectivity index (χ4n) is 2.10. The smallest absolute Gasteiger partial charge is 0.276 e. The number of furan rings is 1. The Hall–Kier alpha value is -0.890. The summed E-state index contributed by atoms with van der Waals surface area (Å²) >= 11 is 0. The maximum atomic E-state index is 12.7. The number of nitrogens with two attached hydrogens (primary N) is 1. The average Bonchev–Trinajstić information content (AvgIpc) is 2.93. The van der Waals surface area contributed by atoms with Crippen molar-refractivity contribution in [1.82, 2.24) is 4.31 Å². The van der Waals surface area contributed by atoms with Crippen LogP contribution in [-0.4, -0.2) is 39.0 Å². The van der Waals surface area contributed by atoms with Crippen LogP contribution in [0.3, 0.4) is 0 Å². The molecule has 0 aliphatic heterocycles. The van der Waals surface area contributed by atoms with Crippen molar-refractivity contribution in [3.63, 3.8) is 0 Å². The van der Waals surface area contributed by atoms with E-state index in [1.807, 2.05) is 13.8 Å². The van der Waals surface area contributed by atoms with E-state index in [4.69, 9.17) is 14.9 Å². The molecule has 0 atom stereocenters. The molecule has 0 aromatic carbocycles. The zero-order valence-electron chi connectivity index (χ0n) is 12.3. The third kappa shape index (κ3) is 3.82. The van der Waals surface area contributed by atoms with Gasteiger partial charge in [-0.2, -0.15) is 4.31 Å². The number of sulfonamides is 1. The average molecular weight is 304 g/mol. The second kappa shape index (κ2) is 7.78. The highest BCUT2D eigenvalue weighted by molar-refractivity contribution is 7.89. The summed E-state index contributed by atoms with van der Waals surface area (Å²) in [6.45, 7) is 4.77. The van der Waals surface area contributed by atoms with Crippen molar-refractivity contribution in [3.05, 3.63) is 17.9 Å². The van der Waals surface area contributed by atoms with E-state index < -0.39 is 10.0 Å². The number of nitrogens with zero attached hydrogens (tertiary/aromatic N) is 1. The van der Waals surface area contributed by atoms with Crippen molar-refractivity contribution < 1.29 is 17.6 Å². The maximum absolute atomic E-state index is 12.7. The molecule has 0 radical (unpaired) electrons. The molecule has 0 aliphatic carbocycles. The molecule has 20 heavy (non-hydrogen) atoms. The third-order valence-electron chi connectivity index (χ3n) is 3.27. The Morgan fingerprint density at radius 1 is 1.35 bits per heavy atom. The molecule has 1 rings (SSSR count). The van der Waals surface area contributed by atoms with Gasteiger partial charge in [0.05, 0.1) is 13.2 Å². The highest BCUT2D eigenvalue weighted by atomic mass is 32.2. The molecule has 1 heterocycles. The van der Waals surface area contributed by atoms with Crippen LogP contribution in [0.2, 0.25) is 0 Å². The summed E-state index contributed by atoms with van der Waals surface area (Å²) in [7, 11) is -2.10. The number of hydrogen-bond donors (Lipinski definition) is 1. The van der Waals surface area contributed by atoms with Crippen molar-refractivity contribution in [2.75, 3.05) is 20.3 Å². The molecule has 0 saturated heterocycles. The standard InChI is InChI=1S/C13H24N2O4S/c1-4-11(5-2)15(8-9-18-3)20(16,17)13-7-6-12(10-14)19-13/h6-7,11H,4-5,8-10,14H2,1-3H3. The van der Waals surface area contributed by atoms with E-state index in [0.717, 1.165) is 12.8 Å². The Morgan fingerprint density at radius 2 is 2.00 bits per heavy atom. The summed E-state index contributed by atoms with van der Waals surface area (Å²) in [5, 5.41) is -0.0547. The molecule has 0 amide bonds. The zero-order chi connectivity index (χ0) is 15.2. The van der Waals surface area contributed by atoms with E-state index >= 15 is 0 Å². The van der Waals surface area contributed by atoms with Gasteiger partial charge in [-0.1, -0.05) is 13.8 Å². The Labute approximate surface area is 120 Å². The van der Waals surface area contributed by atoms with Gasteiger partial charge in [0.25, 0.3) is 10.0 Å². The Morgan fingerprint density at radius 3 is 2.45 bits per heavy atom. The summed E-state index contributed by atoms with van der Waals surface area (Å²) < 4.78 is 37.1. The van der Waals surface area contributed by atoms with Gasteiger partial charge in [0.1, 0.15) is 5.76 Å². The summed E-state index contributed by atoms with van der Waals surface area (Å²) in [5.41, 5.74) is 5.45. The predicted octanol–water partition coefficient (Wildman–Crippen LogP) is 1.56. The van der Waals surface area contributed by atoms with Crippen molar-refractivity contribution in [2.24, 2.45) is 5.73 Å². The van der Waals surface area contributed by atoms with Crippen LogP contribution in [0.1, 0.15) is 32.4 Å². The Balaban J connectivity index is 3.08. The molecular formula is C13H24N2O4S. The van der Waals surface area contributed by atoms with Gasteiger partial charge in [-0.15, -0.1) is 0 Å². The van der Waals surface area contributed by atoms with Gasteiger partial charge >= 0.3 is 0 Å². The number of rotatable bonds is 9. The summed E-state index contributed by atoms with van der Waals surface area (Å²) in [6, 6.07) is 2.98. The van der Waals surface area contributed by atoms with Gasteiger partial charge in [0.15, 0.2) is 0 Å². The van der Waals surface area contributed by atoms with Crippen LogP contribution in [0.15, 0.2) is 21.6 Å². The molecule has 0 aliphatic rings. The quantitative estimate of drug-likeness (QED) is 0.748. The van der Waals surface area contributed by atoms with Crippen LogP contribution < -0.4 is 5.73 Å². The zero-order valence-corrected chi connectivity index (χ0v) is 13.1. The Bertz CT molecular complexity index is 494. The number of ether oxygens (including phenoxy) is 1.